The molecule has 0 aromatic heterocycles. The van der Waals surface area contributed by atoms with E-state index >= 15 is 0 Å². The van der Waals surface area contributed by atoms with Crippen molar-refractivity contribution in [2.24, 2.45) is 5.92 Å². The summed E-state index contributed by atoms with van der Waals surface area (Å²) in [4.78, 5) is 25.6. The second kappa shape index (κ2) is 5.67. The highest BCUT2D eigenvalue weighted by Crippen LogP contribution is 2.24. The van der Waals surface area contributed by atoms with Crippen LogP contribution in [0, 0.1) is 5.92 Å². The van der Waals surface area contributed by atoms with Crippen molar-refractivity contribution in [1.82, 2.24) is 4.90 Å². The van der Waals surface area contributed by atoms with E-state index in [2.05, 4.69) is 0 Å². The number of hydrogen-bond donors (Lipinski definition) is 0. The van der Waals surface area contributed by atoms with E-state index in [-0.39, 0.29) is 24.5 Å². The highest BCUT2D eigenvalue weighted by atomic mass is 16.5. The highest BCUT2D eigenvalue weighted by molar-refractivity contribution is 5.86. The fraction of sp³-hybridized carbons (Fsp3) is 0.833. The smallest absolute Gasteiger partial charge is 0.331 e. The number of ether oxygens (including phenoxy) is 3. The molecular formula is C12H19NO5. The predicted molar refractivity (Wildman–Crippen MR) is 61.9 cm³/mol. The van der Waals surface area contributed by atoms with Gasteiger partial charge in [-0.2, -0.15) is 0 Å². The molecule has 0 saturated carbocycles. The van der Waals surface area contributed by atoms with Gasteiger partial charge in [-0.25, -0.2) is 4.79 Å². The van der Waals surface area contributed by atoms with Crippen LogP contribution in [-0.2, 0) is 23.8 Å². The molecule has 3 atom stereocenters. The molecule has 2 saturated heterocycles. The van der Waals surface area contributed by atoms with E-state index in [0.717, 1.165) is 0 Å². The largest absolute Gasteiger partial charge is 0.467 e. The average molecular weight is 257 g/mol. The average Bonchev–Trinajstić information content (AvgIpc) is 2.83. The van der Waals surface area contributed by atoms with Gasteiger partial charge in [-0.15, -0.1) is 0 Å². The van der Waals surface area contributed by atoms with Gasteiger partial charge in [-0.1, -0.05) is 0 Å². The van der Waals surface area contributed by atoms with Crippen LogP contribution in [0.1, 0.15) is 13.3 Å². The number of nitrogens with zero attached hydrogens (tertiary/aromatic N) is 1. The lowest BCUT2D eigenvalue weighted by atomic mass is 9.99. The predicted octanol–water partition coefficient (Wildman–Crippen LogP) is -0.188. The maximum absolute atomic E-state index is 12.4. The first-order valence-electron chi connectivity index (χ1n) is 6.22. The van der Waals surface area contributed by atoms with Crippen molar-refractivity contribution in [2.45, 2.75) is 25.5 Å². The number of carbonyl (C=O) groups is 2. The minimum atomic E-state index is -0.621. The third-order valence-corrected chi connectivity index (χ3v) is 3.58. The first-order valence-corrected chi connectivity index (χ1v) is 6.22. The number of esters is 1. The second-order valence-corrected chi connectivity index (χ2v) is 4.62. The Morgan fingerprint density at radius 1 is 1.33 bits per heavy atom. The molecule has 3 unspecified atom stereocenters. The summed E-state index contributed by atoms with van der Waals surface area (Å²) in [5.41, 5.74) is 0. The number of amides is 1. The van der Waals surface area contributed by atoms with Crippen molar-refractivity contribution < 1.29 is 23.8 Å². The van der Waals surface area contributed by atoms with Gasteiger partial charge < -0.3 is 19.1 Å². The lowest BCUT2D eigenvalue weighted by molar-refractivity contribution is -0.163. The maximum atomic E-state index is 12.4. The van der Waals surface area contributed by atoms with Crippen molar-refractivity contribution in [3.05, 3.63) is 0 Å². The van der Waals surface area contributed by atoms with Gasteiger partial charge in [0, 0.05) is 13.2 Å². The van der Waals surface area contributed by atoms with E-state index in [1.54, 1.807) is 4.90 Å². The van der Waals surface area contributed by atoms with Crippen molar-refractivity contribution in [3.8, 4) is 0 Å². The van der Waals surface area contributed by atoms with Crippen LogP contribution in [-0.4, -0.2) is 62.4 Å². The van der Waals surface area contributed by atoms with Gasteiger partial charge in [0.1, 0.15) is 0 Å². The van der Waals surface area contributed by atoms with Gasteiger partial charge in [0.25, 0.3) is 0 Å². The molecule has 0 aliphatic carbocycles. The summed E-state index contributed by atoms with van der Waals surface area (Å²) >= 11 is 0. The molecule has 2 aliphatic heterocycles. The Balaban J connectivity index is 2.08. The first kappa shape index (κ1) is 13.3. The third kappa shape index (κ3) is 2.49. The summed E-state index contributed by atoms with van der Waals surface area (Å²) in [5.74, 6) is -0.608. The molecule has 0 N–H and O–H groups in total. The van der Waals surface area contributed by atoms with Crippen LogP contribution in [0.25, 0.3) is 0 Å². The van der Waals surface area contributed by atoms with E-state index < -0.39 is 12.0 Å². The standard InChI is InChI=1S/C12H19NO5/c1-8-9(3-5-18-8)11(14)13-4-6-17-7-10(13)12(15)16-2/h8-10H,3-7H2,1-2H3. The quantitative estimate of drug-likeness (QED) is 0.642. The Hall–Kier alpha value is -1.14. The van der Waals surface area contributed by atoms with E-state index in [9.17, 15) is 9.59 Å². The highest BCUT2D eigenvalue weighted by Gasteiger charge is 2.40. The van der Waals surface area contributed by atoms with E-state index in [0.29, 0.717) is 26.2 Å². The van der Waals surface area contributed by atoms with Crippen LogP contribution >= 0.6 is 0 Å². The summed E-state index contributed by atoms with van der Waals surface area (Å²) in [6.45, 7) is 3.59. The number of carbonyl (C=O) groups excluding carboxylic acids is 2. The summed E-state index contributed by atoms with van der Waals surface area (Å²) in [6.07, 6.45) is 0.629. The molecule has 0 aromatic carbocycles. The normalized spacial score (nSPS) is 32.3. The molecule has 0 spiro atoms. The fourth-order valence-corrected chi connectivity index (χ4v) is 2.47. The van der Waals surface area contributed by atoms with Crippen LogP contribution in [0.3, 0.4) is 0 Å². The summed E-state index contributed by atoms with van der Waals surface area (Å²) in [5, 5.41) is 0. The Bertz CT molecular complexity index is 332. The Morgan fingerprint density at radius 3 is 2.72 bits per heavy atom. The lowest BCUT2D eigenvalue weighted by Crippen LogP contribution is -2.55. The molecule has 2 fully saturated rings. The zero-order valence-corrected chi connectivity index (χ0v) is 10.8. The van der Waals surface area contributed by atoms with E-state index in [1.165, 1.54) is 7.11 Å². The maximum Gasteiger partial charge on any atom is 0.331 e. The molecular weight excluding hydrogens is 238 g/mol. The fourth-order valence-electron chi connectivity index (χ4n) is 2.47. The number of rotatable bonds is 2. The first-order chi connectivity index (χ1) is 8.65. The molecule has 102 valence electrons. The van der Waals surface area contributed by atoms with Crippen LogP contribution in [0.15, 0.2) is 0 Å². The Labute approximate surface area is 106 Å². The molecule has 6 heteroatoms. The zero-order valence-electron chi connectivity index (χ0n) is 10.8. The van der Waals surface area contributed by atoms with Gasteiger partial charge in [-0.05, 0) is 13.3 Å². The van der Waals surface area contributed by atoms with Gasteiger partial charge >= 0.3 is 5.97 Å². The zero-order chi connectivity index (χ0) is 13.1. The summed E-state index contributed by atoms with van der Waals surface area (Å²) in [6, 6.07) is -0.621. The number of hydrogen-bond acceptors (Lipinski definition) is 5. The molecule has 6 nitrogen and oxygen atoms in total. The topological polar surface area (TPSA) is 65.1 Å². The summed E-state index contributed by atoms with van der Waals surface area (Å²) in [7, 11) is 1.32. The van der Waals surface area contributed by atoms with Crippen molar-refractivity contribution in [3.63, 3.8) is 0 Å². The van der Waals surface area contributed by atoms with Crippen molar-refractivity contribution in [1.29, 1.82) is 0 Å². The molecule has 1 amide bonds. The number of morpholine rings is 1. The van der Waals surface area contributed by atoms with E-state index in [4.69, 9.17) is 14.2 Å². The van der Waals surface area contributed by atoms with Gasteiger partial charge in [0.05, 0.1) is 32.3 Å². The SMILES string of the molecule is COC(=O)C1COCCN1C(=O)C1CCOC1C. The van der Waals surface area contributed by atoms with E-state index in [1.807, 2.05) is 6.92 Å². The molecule has 0 bridgehead atoms. The Morgan fingerprint density at radius 2 is 2.11 bits per heavy atom. The summed E-state index contributed by atoms with van der Waals surface area (Å²) < 4.78 is 15.4. The second-order valence-electron chi connectivity index (χ2n) is 4.62. The van der Waals surface area contributed by atoms with Crippen LogP contribution in [0.4, 0.5) is 0 Å². The van der Waals surface area contributed by atoms with Gasteiger partial charge in [0.2, 0.25) is 5.91 Å². The monoisotopic (exact) mass is 257 g/mol. The van der Waals surface area contributed by atoms with Crippen LogP contribution in [0.2, 0.25) is 0 Å². The van der Waals surface area contributed by atoms with Crippen LogP contribution < -0.4 is 0 Å². The minimum Gasteiger partial charge on any atom is -0.467 e. The number of methoxy groups -OCH3 is 1. The molecule has 2 heterocycles. The molecule has 2 rings (SSSR count). The third-order valence-electron chi connectivity index (χ3n) is 3.58. The van der Waals surface area contributed by atoms with Gasteiger partial charge in [-0.3, -0.25) is 4.79 Å². The van der Waals surface area contributed by atoms with Gasteiger partial charge in [0.15, 0.2) is 6.04 Å². The van der Waals surface area contributed by atoms with Crippen molar-refractivity contribution in [2.75, 3.05) is 33.5 Å². The molecule has 18 heavy (non-hydrogen) atoms. The lowest BCUT2D eigenvalue weighted by Gasteiger charge is -2.35. The molecule has 0 aromatic rings. The van der Waals surface area contributed by atoms with Crippen molar-refractivity contribution >= 4 is 11.9 Å². The molecule has 0 radical (unpaired) electrons. The van der Waals surface area contributed by atoms with Crippen LogP contribution in [0.5, 0.6) is 0 Å². The Kier molecular flexibility index (Phi) is 4.19. The minimum absolute atomic E-state index is 0.0290. The molecule has 2 aliphatic rings.